The highest BCUT2D eigenvalue weighted by Gasteiger charge is 2.38. The van der Waals surface area contributed by atoms with Gasteiger partial charge in [0.25, 0.3) is 0 Å². The summed E-state index contributed by atoms with van der Waals surface area (Å²) in [5.41, 5.74) is 0. The molecule has 2 aliphatic rings. The van der Waals surface area contributed by atoms with Crippen LogP contribution in [0.1, 0.15) is 46.0 Å². The Balaban J connectivity index is 2.02. The van der Waals surface area contributed by atoms with Crippen molar-refractivity contribution in [2.75, 3.05) is 13.6 Å². The lowest BCUT2D eigenvalue weighted by Gasteiger charge is -2.40. The van der Waals surface area contributed by atoms with E-state index in [1.54, 1.807) is 7.05 Å². The number of rotatable bonds is 5. The average molecular weight is 253 g/mol. The number of hydrogen-bond donors (Lipinski definition) is 2. The molecule has 0 aromatic rings. The van der Waals surface area contributed by atoms with E-state index in [0.29, 0.717) is 18.1 Å². The van der Waals surface area contributed by atoms with E-state index in [0.717, 1.165) is 13.0 Å². The predicted molar refractivity (Wildman–Crippen MR) is 73.5 cm³/mol. The standard InChI is InChI=1S/C14H27N3O/c1-4-7-17(10(2)14(18)15-3)13-8-11-5-6-12(9-13)16-11/h10-13,16H,4-9H2,1-3H3,(H,15,18). The first kappa shape index (κ1) is 13.8. The molecule has 0 radical (unpaired) electrons. The molecule has 0 saturated carbocycles. The summed E-state index contributed by atoms with van der Waals surface area (Å²) in [6.07, 6.45) is 6.15. The third-order valence-corrected chi connectivity index (χ3v) is 4.52. The van der Waals surface area contributed by atoms with Crippen LogP contribution in [-0.2, 0) is 4.79 Å². The number of hydrogen-bond acceptors (Lipinski definition) is 3. The third-order valence-electron chi connectivity index (χ3n) is 4.52. The molecule has 0 spiro atoms. The summed E-state index contributed by atoms with van der Waals surface area (Å²) in [5, 5.41) is 6.46. The van der Waals surface area contributed by atoms with Crippen LogP contribution in [0.4, 0.5) is 0 Å². The highest BCUT2D eigenvalue weighted by molar-refractivity contribution is 5.81. The Morgan fingerprint density at radius 2 is 2.00 bits per heavy atom. The normalized spacial score (nSPS) is 32.6. The number of amides is 1. The Morgan fingerprint density at radius 1 is 1.39 bits per heavy atom. The monoisotopic (exact) mass is 253 g/mol. The van der Waals surface area contributed by atoms with Crippen molar-refractivity contribution < 1.29 is 4.79 Å². The van der Waals surface area contributed by atoms with Crippen LogP contribution in [0.3, 0.4) is 0 Å². The molecule has 2 N–H and O–H groups in total. The zero-order valence-electron chi connectivity index (χ0n) is 11.9. The quantitative estimate of drug-likeness (QED) is 0.771. The molecule has 0 aromatic carbocycles. The number of carbonyl (C=O) groups is 1. The van der Waals surface area contributed by atoms with Crippen LogP contribution in [0, 0.1) is 0 Å². The highest BCUT2D eigenvalue weighted by Crippen LogP contribution is 2.30. The molecule has 4 heteroatoms. The summed E-state index contributed by atoms with van der Waals surface area (Å²) in [5.74, 6) is 0.148. The highest BCUT2D eigenvalue weighted by atomic mass is 16.2. The molecule has 4 nitrogen and oxygen atoms in total. The predicted octanol–water partition coefficient (Wildman–Crippen LogP) is 1.12. The SMILES string of the molecule is CCCN(C1CC2CCC(C1)N2)C(C)C(=O)NC. The Morgan fingerprint density at radius 3 is 2.50 bits per heavy atom. The number of likely N-dealkylation sites (N-methyl/N-ethyl adjacent to an activating group) is 1. The molecule has 2 aliphatic heterocycles. The maximum atomic E-state index is 11.9. The Hall–Kier alpha value is -0.610. The lowest BCUT2D eigenvalue weighted by atomic mass is 9.96. The Labute approximate surface area is 110 Å². The maximum absolute atomic E-state index is 11.9. The number of carbonyl (C=O) groups excluding carboxylic acids is 1. The van der Waals surface area contributed by atoms with Crippen molar-refractivity contribution in [2.24, 2.45) is 0 Å². The van der Waals surface area contributed by atoms with Gasteiger partial charge in [0.2, 0.25) is 5.91 Å². The first-order valence-electron chi connectivity index (χ1n) is 7.39. The molecule has 1 amide bonds. The van der Waals surface area contributed by atoms with Crippen LogP contribution < -0.4 is 10.6 Å². The second-order valence-corrected chi connectivity index (χ2v) is 5.79. The first-order valence-corrected chi connectivity index (χ1v) is 7.39. The molecule has 2 heterocycles. The van der Waals surface area contributed by atoms with Gasteiger partial charge in [0, 0.05) is 25.2 Å². The van der Waals surface area contributed by atoms with Crippen molar-refractivity contribution in [3.8, 4) is 0 Å². The summed E-state index contributed by atoms with van der Waals surface area (Å²) in [4.78, 5) is 14.3. The Bertz CT molecular complexity index is 283. The largest absolute Gasteiger partial charge is 0.358 e. The van der Waals surface area contributed by atoms with Crippen molar-refractivity contribution in [3.63, 3.8) is 0 Å². The second kappa shape index (κ2) is 6.02. The molecular weight excluding hydrogens is 226 g/mol. The van der Waals surface area contributed by atoms with Gasteiger partial charge >= 0.3 is 0 Å². The van der Waals surface area contributed by atoms with Gasteiger partial charge in [-0.3, -0.25) is 9.69 Å². The van der Waals surface area contributed by atoms with Gasteiger partial charge < -0.3 is 10.6 Å². The van der Waals surface area contributed by atoms with Crippen molar-refractivity contribution in [3.05, 3.63) is 0 Å². The van der Waals surface area contributed by atoms with E-state index in [4.69, 9.17) is 0 Å². The van der Waals surface area contributed by atoms with Crippen molar-refractivity contribution >= 4 is 5.91 Å². The number of nitrogens with one attached hydrogen (secondary N) is 2. The molecule has 2 rings (SSSR count). The van der Waals surface area contributed by atoms with E-state index in [1.165, 1.54) is 25.7 Å². The van der Waals surface area contributed by atoms with Crippen molar-refractivity contribution in [1.82, 2.24) is 15.5 Å². The van der Waals surface area contributed by atoms with Gasteiger partial charge in [-0.25, -0.2) is 0 Å². The number of fused-ring (bicyclic) bond motifs is 2. The second-order valence-electron chi connectivity index (χ2n) is 5.79. The van der Waals surface area contributed by atoms with E-state index < -0.39 is 0 Å². The fourth-order valence-electron chi connectivity index (χ4n) is 3.61. The fourth-order valence-corrected chi connectivity index (χ4v) is 3.61. The maximum Gasteiger partial charge on any atom is 0.236 e. The van der Waals surface area contributed by atoms with Crippen molar-refractivity contribution in [2.45, 2.75) is 70.1 Å². The molecule has 104 valence electrons. The molecule has 0 aromatic heterocycles. The molecule has 3 atom stereocenters. The summed E-state index contributed by atoms with van der Waals surface area (Å²) in [7, 11) is 1.73. The minimum Gasteiger partial charge on any atom is -0.358 e. The van der Waals surface area contributed by atoms with Crippen LogP contribution in [0.5, 0.6) is 0 Å². The average Bonchev–Trinajstić information content (AvgIpc) is 2.73. The van der Waals surface area contributed by atoms with Gasteiger partial charge in [-0.05, 0) is 45.6 Å². The summed E-state index contributed by atoms with van der Waals surface area (Å²) < 4.78 is 0. The minimum absolute atomic E-state index is 0.00236. The topological polar surface area (TPSA) is 44.4 Å². The van der Waals surface area contributed by atoms with E-state index in [1.807, 2.05) is 6.92 Å². The van der Waals surface area contributed by atoms with Gasteiger partial charge in [-0.2, -0.15) is 0 Å². The summed E-state index contributed by atoms with van der Waals surface area (Å²) in [6.45, 7) is 5.26. The smallest absolute Gasteiger partial charge is 0.236 e. The molecule has 0 aliphatic carbocycles. The first-order chi connectivity index (χ1) is 8.65. The van der Waals surface area contributed by atoms with Crippen LogP contribution in [0.15, 0.2) is 0 Å². The fraction of sp³-hybridized carbons (Fsp3) is 0.929. The van der Waals surface area contributed by atoms with Gasteiger partial charge in [0.15, 0.2) is 0 Å². The molecule has 2 fully saturated rings. The van der Waals surface area contributed by atoms with Crippen LogP contribution in [-0.4, -0.2) is 48.6 Å². The zero-order chi connectivity index (χ0) is 13.1. The molecule has 18 heavy (non-hydrogen) atoms. The Kier molecular flexibility index (Phi) is 4.62. The van der Waals surface area contributed by atoms with Gasteiger partial charge in [-0.1, -0.05) is 6.92 Å². The molecule has 3 unspecified atom stereocenters. The molecule has 2 bridgehead atoms. The zero-order valence-corrected chi connectivity index (χ0v) is 11.9. The lowest BCUT2D eigenvalue weighted by molar-refractivity contribution is -0.126. The van der Waals surface area contributed by atoms with E-state index in [9.17, 15) is 4.79 Å². The van der Waals surface area contributed by atoms with Crippen LogP contribution >= 0.6 is 0 Å². The number of piperidine rings is 1. The summed E-state index contributed by atoms with van der Waals surface area (Å²) >= 11 is 0. The lowest BCUT2D eigenvalue weighted by Crippen LogP contribution is -2.54. The summed E-state index contributed by atoms with van der Waals surface area (Å²) in [6, 6.07) is 1.95. The molecular formula is C14H27N3O. The minimum atomic E-state index is -0.00236. The van der Waals surface area contributed by atoms with Gasteiger partial charge in [0.1, 0.15) is 0 Å². The molecule has 2 saturated heterocycles. The third kappa shape index (κ3) is 2.86. The van der Waals surface area contributed by atoms with Crippen LogP contribution in [0.25, 0.3) is 0 Å². The van der Waals surface area contributed by atoms with E-state index in [2.05, 4.69) is 22.5 Å². The van der Waals surface area contributed by atoms with Crippen LogP contribution in [0.2, 0.25) is 0 Å². The number of nitrogens with zero attached hydrogens (tertiary/aromatic N) is 1. The van der Waals surface area contributed by atoms with E-state index >= 15 is 0 Å². The van der Waals surface area contributed by atoms with Gasteiger partial charge in [-0.15, -0.1) is 0 Å². The van der Waals surface area contributed by atoms with E-state index in [-0.39, 0.29) is 11.9 Å². The van der Waals surface area contributed by atoms with Crippen molar-refractivity contribution in [1.29, 1.82) is 0 Å². The van der Waals surface area contributed by atoms with Gasteiger partial charge in [0.05, 0.1) is 6.04 Å².